The molecule has 1 aliphatic rings. The third kappa shape index (κ3) is 2.32. The molecule has 0 aliphatic carbocycles. The summed E-state index contributed by atoms with van der Waals surface area (Å²) in [5, 5.41) is 10.4. The van der Waals surface area contributed by atoms with Crippen molar-refractivity contribution in [1.29, 1.82) is 0 Å². The predicted octanol–water partition coefficient (Wildman–Crippen LogP) is 2.62. The Morgan fingerprint density at radius 1 is 1.36 bits per heavy atom. The van der Waals surface area contributed by atoms with E-state index >= 15 is 0 Å². The van der Waals surface area contributed by atoms with Gasteiger partial charge < -0.3 is 10.0 Å². The van der Waals surface area contributed by atoms with Crippen molar-refractivity contribution in [3.8, 4) is 0 Å². The second-order valence-electron chi connectivity index (χ2n) is 5.95. The lowest BCUT2D eigenvalue weighted by Gasteiger charge is -2.30. The summed E-state index contributed by atoms with van der Waals surface area (Å²) in [6, 6.07) is 9.12. The Balaban J connectivity index is 2.10. The molecule has 5 heteroatoms. The van der Waals surface area contributed by atoms with Gasteiger partial charge in [-0.25, -0.2) is 0 Å². The third-order valence-electron chi connectivity index (χ3n) is 4.19. The van der Waals surface area contributed by atoms with E-state index in [1.165, 1.54) is 0 Å². The summed E-state index contributed by atoms with van der Waals surface area (Å²) in [5.74, 6) is -1.77. The lowest BCUT2D eigenvalue weighted by molar-refractivity contribution is -0.142. The quantitative estimate of drug-likeness (QED) is 0.945. The van der Waals surface area contributed by atoms with Crippen molar-refractivity contribution in [2.45, 2.75) is 32.4 Å². The van der Waals surface area contributed by atoms with Gasteiger partial charge in [0.1, 0.15) is 0 Å². The number of pyridine rings is 1. The first-order valence-corrected chi connectivity index (χ1v) is 7.37. The highest BCUT2D eigenvalue weighted by Gasteiger charge is 2.45. The highest BCUT2D eigenvalue weighted by Crippen LogP contribution is 2.40. The molecule has 1 saturated heterocycles. The highest BCUT2D eigenvalue weighted by molar-refractivity contribution is 5.88. The van der Waals surface area contributed by atoms with Gasteiger partial charge in [-0.05, 0) is 31.5 Å². The molecule has 1 amide bonds. The van der Waals surface area contributed by atoms with Gasteiger partial charge in [0.2, 0.25) is 5.91 Å². The molecule has 0 bridgehead atoms. The summed E-state index contributed by atoms with van der Waals surface area (Å²) in [4.78, 5) is 29.9. The third-order valence-corrected chi connectivity index (χ3v) is 4.19. The smallest absolute Gasteiger partial charge is 0.309 e. The number of rotatable bonds is 3. The van der Waals surface area contributed by atoms with E-state index in [9.17, 15) is 14.7 Å². The number of carbonyl (C=O) groups is 2. The Morgan fingerprint density at radius 3 is 2.77 bits per heavy atom. The van der Waals surface area contributed by atoms with E-state index in [1.807, 2.05) is 44.2 Å². The van der Waals surface area contributed by atoms with Gasteiger partial charge in [-0.15, -0.1) is 0 Å². The summed E-state index contributed by atoms with van der Waals surface area (Å²) in [5.41, 5.74) is 1.64. The number of likely N-dealkylation sites (tertiary alicyclic amines) is 1. The van der Waals surface area contributed by atoms with Crippen LogP contribution >= 0.6 is 0 Å². The SMILES string of the molecule is CC(C)N1C(=O)C[C@@H](C(=O)O)[C@@H]1c1cnc2ccccc2c1. The number of hydrogen-bond acceptors (Lipinski definition) is 3. The highest BCUT2D eigenvalue weighted by atomic mass is 16.4. The number of aromatic nitrogens is 1. The number of amides is 1. The molecule has 0 radical (unpaired) electrons. The maximum Gasteiger partial charge on any atom is 0.309 e. The molecule has 1 fully saturated rings. The van der Waals surface area contributed by atoms with E-state index in [1.54, 1.807) is 11.1 Å². The van der Waals surface area contributed by atoms with E-state index in [-0.39, 0.29) is 18.4 Å². The molecule has 22 heavy (non-hydrogen) atoms. The van der Waals surface area contributed by atoms with Crippen LogP contribution in [-0.4, -0.2) is 32.9 Å². The number of hydrogen-bond donors (Lipinski definition) is 1. The predicted molar refractivity (Wildman–Crippen MR) is 82.2 cm³/mol. The maximum absolute atomic E-state index is 12.2. The molecule has 0 saturated carbocycles. The van der Waals surface area contributed by atoms with Crippen LogP contribution in [-0.2, 0) is 9.59 Å². The Morgan fingerprint density at radius 2 is 2.09 bits per heavy atom. The topological polar surface area (TPSA) is 70.5 Å². The molecule has 5 nitrogen and oxygen atoms in total. The van der Waals surface area contributed by atoms with Crippen LogP contribution in [0, 0.1) is 5.92 Å². The number of aliphatic carboxylic acids is 1. The van der Waals surface area contributed by atoms with Crippen LogP contribution < -0.4 is 0 Å². The zero-order chi connectivity index (χ0) is 15.9. The molecule has 1 aromatic carbocycles. The number of carbonyl (C=O) groups excluding carboxylic acids is 1. The minimum absolute atomic E-state index is 0.0466. The standard InChI is InChI=1S/C17H18N2O3/c1-10(2)19-15(20)8-13(17(21)22)16(19)12-7-11-5-3-4-6-14(11)18-9-12/h3-7,9-10,13,16H,8H2,1-2H3,(H,21,22)/t13-,16+/m1/s1. The van der Waals surface area contributed by atoms with Crippen molar-refractivity contribution < 1.29 is 14.7 Å². The first kappa shape index (κ1) is 14.5. The fraction of sp³-hybridized carbons (Fsp3) is 0.353. The van der Waals surface area contributed by atoms with E-state index in [4.69, 9.17) is 0 Å². The van der Waals surface area contributed by atoms with Crippen LogP contribution in [0.1, 0.15) is 31.9 Å². The zero-order valence-electron chi connectivity index (χ0n) is 12.6. The van der Waals surface area contributed by atoms with Crippen LogP contribution in [0.2, 0.25) is 0 Å². The average Bonchev–Trinajstić information content (AvgIpc) is 2.84. The molecule has 0 unspecified atom stereocenters. The van der Waals surface area contributed by atoms with Crippen molar-refractivity contribution in [2.24, 2.45) is 5.92 Å². The van der Waals surface area contributed by atoms with Crippen LogP contribution in [0.4, 0.5) is 0 Å². The normalized spacial score (nSPS) is 21.8. The minimum atomic E-state index is -0.936. The molecule has 1 aromatic heterocycles. The van der Waals surface area contributed by atoms with Gasteiger partial charge in [0.15, 0.2) is 0 Å². The molecule has 114 valence electrons. The summed E-state index contributed by atoms with van der Waals surface area (Å²) < 4.78 is 0. The number of nitrogens with zero attached hydrogens (tertiary/aromatic N) is 2. The van der Waals surface area contributed by atoms with Gasteiger partial charge in [-0.3, -0.25) is 14.6 Å². The maximum atomic E-state index is 12.2. The first-order chi connectivity index (χ1) is 10.5. The fourth-order valence-electron chi connectivity index (χ4n) is 3.23. The van der Waals surface area contributed by atoms with E-state index in [0.717, 1.165) is 16.5 Å². The van der Waals surface area contributed by atoms with E-state index in [2.05, 4.69) is 4.98 Å². The van der Waals surface area contributed by atoms with Crippen molar-refractivity contribution in [3.63, 3.8) is 0 Å². The molecule has 0 spiro atoms. The fourth-order valence-corrected chi connectivity index (χ4v) is 3.23. The van der Waals surface area contributed by atoms with Gasteiger partial charge in [-0.1, -0.05) is 18.2 Å². The molecule has 2 heterocycles. The molecule has 1 N–H and O–H groups in total. The van der Waals surface area contributed by atoms with Gasteiger partial charge in [0, 0.05) is 24.0 Å². The zero-order valence-corrected chi connectivity index (χ0v) is 12.6. The molecule has 3 rings (SSSR count). The van der Waals surface area contributed by atoms with Crippen molar-refractivity contribution in [3.05, 3.63) is 42.1 Å². The summed E-state index contributed by atoms with van der Waals surface area (Å²) in [6.45, 7) is 3.81. The van der Waals surface area contributed by atoms with Crippen LogP contribution in [0.25, 0.3) is 10.9 Å². The number of carboxylic acids is 1. The number of carboxylic acid groups (broad SMARTS) is 1. The Kier molecular flexibility index (Phi) is 3.56. The second-order valence-corrected chi connectivity index (χ2v) is 5.95. The lowest BCUT2D eigenvalue weighted by Crippen LogP contribution is -2.36. The Labute approximate surface area is 128 Å². The molecular weight excluding hydrogens is 280 g/mol. The molecule has 1 aliphatic heterocycles. The first-order valence-electron chi connectivity index (χ1n) is 7.37. The van der Waals surface area contributed by atoms with Crippen LogP contribution in [0.3, 0.4) is 0 Å². The van der Waals surface area contributed by atoms with Crippen molar-refractivity contribution in [1.82, 2.24) is 9.88 Å². The Bertz CT molecular complexity index is 742. The van der Waals surface area contributed by atoms with Gasteiger partial charge >= 0.3 is 5.97 Å². The monoisotopic (exact) mass is 298 g/mol. The van der Waals surface area contributed by atoms with Gasteiger partial charge in [0.05, 0.1) is 17.5 Å². The summed E-state index contributed by atoms with van der Waals surface area (Å²) in [6.07, 6.45) is 1.74. The largest absolute Gasteiger partial charge is 0.481 e. The van der Waals surface area contributed by atoms with Gasteiger partial charge in [-0.2, -0.15) is 0 Å². The van der Waals surface area contributed by atoms with E-state index < -0.39 is 17.9 Å². The van der Waals surface area contributed by atoms with Crippen molar-refractivity contribution in [2.75, 3.05) is 0 Å². The lowest BCUT2D eigenvalue weighted by atomic mass is 9.93. The van der Waals surface area contributed by atoms with Crippen LogP contribution in [0.5, 0.6) is 0 Å². The summed E-state index contributed by atoms with van der Waals surface area (Å²) >= 11 is 0. The summed E-state index contributed by atoms with van der Waals surface area (Å²) in [7, 11) is 0. The average molecular weight is 298 g/mol. The number of benzene rings is 1. The minimum Gasteiger partial charge on any atom is -0.481 e. The number of para-hydroxylation sites is 1. The van der Waals surface area contributed by atoms with Crippen LogP contribution in [0.15, 0.2) is 36.5 Å². The van der Waals surface area contributed by atoms with Gasteiger partial charge in [0.25, 0.3) is 0 Å². The Hall–Kier alpha value is -2.43. The second kappa shape index (κ2) is 5.40. The molecule has 2 atom stereocenters. The number of fused-ring (bicyclic) bond motifs is 1. The van der Waals surface area contributed by atoms with E-state index in [0.29, 0.717) is 0 Å². The van der Waals surface area contributed by atoms with Crippen molar-refractivity contribution >= 4 is 22.8 Å². The molecule has 2 aromatic rings. The molecular formula is C17H18N2O3.